The highest BCUT2D eigenvalue weighted by atomic mass is 35.5. The Morgan fingerprint density at radius 3 is 2.32 bits per heavy atom. The summed E-state index contributed by atoms with van der Waals surface area (Å²) in [5.41, 5.74) is 1.01. The van der Waals surface area contributed by atoms with E-state index in [1.54, 1.807) is 36.4 Å². The van der Waals surface area contributed by atoms with Crippen molar-refractivity contribution in [3.05, 3.63) is 70.3 Å². The van der Waals surface area contributed by atoms with Crippen LogP contribution in [-0.2, 0) is 9.59 Å². The fraction of sp³-hybridized carbons (Fsp3) is 0.333. The lowest BCUT2D eigenvalue weighted by Gasteiger charge is -2.28. The first-order valence-corrected chi connectivity index (χ1v) is 10.8. The van der Waals surface area contributed by atoms with Crippen LogP contribution < -0.4 is 14.7 Å². The second-order valence-corrected chi connectivity index (χ2v) is 8.29. The van der Waals surface area contributed by atoms with Gasteiger partial charge in [-0.1, -0.05) is 48.5 Å². The van der Waals surface area contributed by atoms with Gasteiger partial charge in [0.1, 0.15) is 5.75 Å². The number of carbonyl (C=O) groups is 2. The van der Waals surface area contributed by atoms with Crippen molar-refractivity contribution in [1.29, 1.82) is 0 Å². The van der Waals surface area contributed by atoms with E-state index in [4.69, 9.17) is 16.3 Å². The Bertz CT molecular complexity index is 968. The van der Waals surface area contributed by atoms with Crippen molar-refractivity contribution in [2.75, 3.05) is 33.8 Å². The summed E-state index contributed by atoms with van der Waals surface area (Å²) in [4.78, 5) is 28.4. The molecule has 0 aromatic heterocycles. The first-order valence-electron chi connectivity index (χ1n) is 10.4. The predicted molar refractivity (Wildman–Crippen MR) is 118 cm³/mol. The maximum Gasteiger partial charge on any atom is 0.295 e. The van der Waals surface area contributed by atoms with Gasteiger partial charge < -0.3 is 19.6 Å². The molecule has 6 nitrogen and oxygen atoms in total. The molecule has 1 fully saturated rings. The van der Waals surface area contributed by atoms with Gasteiger partial charge in [-0.3, -0.25) is 9.59 Å². The van der Waals surface area contributed by atoms with E-state index in [9.17, 15) is 14.7 Å². The molecule has 0 bridgehead atoms. The Morgan fingerprint density at radius 1 is 1.10 bits per heavy atom. The number of amides is 1. The number of hydrogen-bond acceptors (Lipinski definition) is 4. The van der Waals surface area contributed by atoms with Gasteiger partial charge >= 0.3 is 0 Å². The first kappa shape index (κ1) is 22.8. The number of likely N-dealkylation sites (tertiary alicyclic amines) is 1. The van der Waals surface area contributed by atoms with E-state index in [2.05, 4.69) is 0 Å². The number of benzene rings is 2. The predicted octanol–water partition coefficient (Wildman–Crippen LogP) is 1.50. The molecule has 2 aromatic carbocycles. The largest absolute Gasteiger partial charge is 0.872 e. The van der Waals surface area contributed by atoms with Gasteiger partial charge in [0.25, 0.3) is 5.91 Å². The van der Waals surface area contributed by atoms with E-state index in [0.29, 0.717) is 41.6 Å². The van der Waals surface area contributed by atoms with Gasteiger partial charge in [-0.2, -0.15) is 0 Å². The molecule has 3 rings (SSSR count). The van der Waals surface area contributed by atoms with E-state index in [-0.39, 0.29) is 5.57 Å². The average Bonchev–Trinajstić information content (AvgIpc) is 3.01. The number of hydrogen-bond donors (Lipinski definition) is 1. The third kappa shape index (κ3) is 5.09. The highest BCUT2D eigenvalue weighted by Crippen LogP contribution is 2.38. The van der Waals surface area contributed by atoms with Crippen LogP contribution in [0.25, 0.3) is 5.76 Å². The lowest BCUT2D eigenvalue weighted by Crippen LogP contribution is -3.06. The number of quaternary nitrogens is 1. The van der Waals surface area contributed by atoms with E-state index >= 15 is 0 Å². The Hall–Kier alpha value is -2.83. The van der Waals surface area contributed by atoms with Crippen molar-refractivity contribution < 1.29 is 24.3 Å². The number of rotatable bonds is 8. The zero-order valence-electron chi connectivity index (χ0n) is 18.0. The SMILES string of the molecule is CCCOc1ccc(C2C(=C([O-])c3ccc(Cl)cc3)C(=O)C(=O)N2CC[NH+](C)C)cc1. The van der Waals surface area contributed by atoms with E-state index in [1.165, 1.54) is 4.90 Å². The van der Waals surface area contributed by atoms with Crippen molar-refractivity contribution in [3.8, 4) is 5.75 Å². The van der Waals surface area contributed by atoms with Gasteiger partial charge in [-0.15, -0.1) is 0 Å². The normalized spacial score (nSPS) is 18.1. The number of ketones is 1. The molecular weight excluding hydrogens is 416 g/mol. The molecule has 1 unspecified atom stereocenters. The fourth-order valence-corrected chi connectivity index (χ4v) is 3.64. The summed E-state index contributed by atoms with van der Waals surface area (Å²) in [6.45, 7) is 3.64. The molecule has 0 spiro atoms. The molecule has 1 saturated heterocycles. The van der Waals surface area contributed by atoms with Crippen LogP contribution in [0.1, 0.15) is 30.5 Å². The van der Waals surface area contributed by atoms with Crippen LogP contribution in [0, 0.1) is 0 Å². The lowest BCUT2D eigenvalue weighted by atomic mass is 9.95. The summed E-state index contributed by atoms with van der Waals surface area (Å²) in [6.07, 6.45) is 0.890. The molecule has 1 atom stereocenters. The first-order chi connectivity index (χ1) is 14.8. The molecule has 31 heavy (non-hydrogen) atoms. The molecule has 7 heteroatoms. The van der Waals surface area contributed by atoms with E-state index in [1.807, 2.05) is 33.2 Å². The Labute approximate surface area is 187 Å². The van der Waals surface area contributed by atoms with E-state index in [0.717, 1.165) is 11.3 Å². The third-order valence-corrected chi connectivity index (χ3v) is 5.41. The van der Waals surface area contributed by atoms with Crippen molar-refractivity contribution >= 4 is 29.1 Å². The van der Waals surface area contributed by atoms with Crippen LogP contribution in [0.2, 0.25) is 5.02 Å². The van der Waals surface area contributed by atoms with Crippen molar-refractivity contribution in [2.45, 2.75) is 19.4 Å². The van der Waals surface area contributed by atoms with Crippen LogP contribution in [0.5, 0.6) is 5.75 Å². The number of nitrogens with one attached hydrogen (secondary N) is 1. The molecule has 164 valence electrons. The maximum absolute atomic E-state index is 13.3. The van der Waals surface area contributed by atoms with Crippen molar-refractivity contribution in [1.82, 2.24) is 4.90 Å². The smallest absolute Gasteiger partial charge is 0.295 e. The minimum absolute atomic E-state index is 0.0247. The zero-order valence-corrected chi connectivity index (χ0v) is 18.7. The lowest BCUT2D eigenvalue weighted by molar-refractivity contribution is -0.857. The number of carbonyl (C=O) groups excluding carboxylic acids is 2. The second-order valence-electron chi connectivity index (χ2n) is 7.85. The highest BCUT2D eigenvalue weighted by Gasteiger charge is 2.44. The average molecular weight is 443 g/mol. The Balaban J connectivity index is 2.06. The van der Waals surface area contributed by atoms with Crippen LogP contribution >= 0.6 is 11.6 Å². The van der Waals surface area contributed by atoms with Gasteiger partial charge in [-0.05, 0) is 41.8 Å². The molecule has 2 aromatic rings. The quantitative estimate of drug-likeness (QED) is 0.382. The van der Waals surface area contributed by atoms with Crippen LogP contribution in [0.3, 0.4) is 0 Å². The molecule has 0 saturated carbocycles. The fourth-order valence-electron chi connectivity index (χ4n) is 3.51. The topological polar surface area (TPSA) is 74.1 Å². The highest BCUT2D eigenvalue weighted by molar-refractivity contribution is 6.46. The summed E-state index contributed by atoms with van der Waals surface area (Å²) < 4.78 is 5.64. The number of halogens is 1. The van der Waals surface area contributed by atoms with Crippen LogP contribution in [-0.4, -0.2) is 50.4 Å². The van der Waals surface area contributed by atoms with E-state index < -0.39 is 23.5 Å². The summed E-state index contributed by atoms with van der Waals surface area (Å²) in [5.74, 6) is -1.14. The minimum Gasteiger partial charge on any atom is -0.872 e. The molecule has 1 heterocycles. The maximum atomic E-state index is 13.3. The zero-order chi connectivity index (χ0) is 22.5. The molecule has 1 N–H and O–H groups in total. The van der Waals surface area contributed by atoms with Gasteiger partial charge in [0, 0.05) is 10.6 Å². The molecule has 0 radical (unpaired) electrons. The monoisotopic (exact) mass is 442 g/mol. The number of likely N-dealkylation sites (N-methyl/N-ethyl adjacent to an activating group) is 1. The van der Waals surface area contributed by atoms with Crippen molar-refractivity contribution in [3.63, 3.8) is 0 Å². The summed E-state index contributed by atoms with van der Waals surface area (Å²) >= 11 is 5.94. The number of nitrogens with zero attached hydrogens (tertiary/aromatic N) is 1. The summed E-state index contributed by atoms with van der Waals surface area (Å²) in [7, 11) is 3.95. The Morgan fingerprint density at radius 2 is 1.74 bits per heavy atom. The Kier molecular flexibility index (Phi) is 7.36. The number of ether oxygens (including phenoxy) is 1. The number of Topliss-reactive ketones (excluding diaryl/α,β-unsaturated/α-hetero) is 1. The van der Waals surface area contributed by atoms with Gasteiger partial charge in [-0.25, -0.2) is 0 Å². The summed E-state index contributed by atoms with van der Waals surface area (Å²) in [5, 5.41) is 13.8. The third-order valence-electron chi connectivity index (χ3n) is 5.16. The molecule has 1 aliphatic rings. The molecule has 1 amide bonds. The van der Waals surface area contributed by atoms with Crippen LogP contribution in [0.15, 0.2) is 54.1 Å². The van der Waals surface area contributed by atoms with Gasteiger partial charge in [0.15, 0.2) is 0 Å². The minimum atomic E-state index is -0.745. The van der Waals surface area contributed by atoms with Gasteiger partial charge in [0.2, 0.25) is 5.78 Å². The van der Waals surface area contributed by atoms with Crippen LogP contribution in [0.4, 0.5) is 0 Å². The molecular formula is C24H27ClN2O4. The second kappa shape index (κ2) is 9.98. The molecule has 1 aliphatic heterocycles. The van der Waals surface area contributed by atoms with Gasteiger partial charge in [0.05, 0.1) is 39.8 Å². The molecule has 0 aliphatic carbocycles. The van der Waals surface area contributed by atoms with Crippen molar-refractivity contribution in [2.24, 2.45) is 0 Å². The standard InChI is InChI=1S/C24H27ClN2O4/c1-4-15-31-19-11-7-16(8-12-19)21-20(22(28)17-5-9-18(25)10-6-17)23(29)24(30)27(21)14-13-26(2)3/h5-12,21,28H,4,13-15H2,1-3H3. The summed E-state index contributed by atoms with van der Waals surface area (Å²) in [6, 6.07) is 12.8.